The highest BCUT2D eigenvalue weighted by atomic mass is 32.2. The number of hydrogen-bond acceptors (Lipinski definition) is 5. The van der Waals surface area contributed by atoms with Gasteiger partial charge in [0.1, 0.15) is 17.2 Å². The monoisotopic (exact) mass is 340 g/mol. The summed E-state index contributed by atoms with van der Waals surface area (Å²) < 4.78 is 17.8. The van der Waals surface area contributed by atoms with Crippen molar-refractivity contribution in [2.75, 3.05) is 33.0 Å². The minimum absolute atomic E-state index is 0.0532. The van der Waals surface area contributed by atoms with Crippen LogP contribution in [0.5, 0.6) is 0 Å². The van der Waals surface area contributed by atoms with Crippen molar-refractivity contribution in [3.05, 3.63) is 35.6 Å². The summed E-state index contributed by atoms with van der Waals surface area (Å²) in [7, 11) is 3.05. The van der Waals surface area contributed by atoms with Gasteiger partial charge in [0.25, 0.3) is 0 Å². The van der Waals surface area contributed by atoms with E-state index in [9.17, 15) is 14.0 Å². The zero-order valence-corrected chi connectivity index (χ0v) is 14.3. The molecule has 0 spiro atoms. The Kier molecular flexibility index (Phi) is 6.01. The molecule has 1 aliphatic heterocycles. The van der Waals surface area contributed by atoms with Gasteiger partial charge in [0, 0.05) is 12.3 Å². The number of halogens is 1. The zero-order chi connectivity index (χ0) is 17.0. The lowest BCUT2D eigenvalue weighted by molar-refractivity contribution is -0.146. The number of likely N-dealkylation sites (N-methyl/N-ethyl adjacent to an activating group) is 1. The molecule has 2 atom stereocenters. The summed E-state index contributed by atoms with van der Waals surface area (Å²) >= 11 is 1.66. The Morgan fingerprint density at radius 1 is 1.43 bits per heavy atom. The molecule has 1 aromatic carbocycles. The minimum atomic E-state index is -0.483. The van der Waals surface area contributed by atoms with E-state index in [-0.39, 0.29) is 29.6 Å². The first-order valence-electron chi connectivity index (χ1n) is 7.38. The van der Waals surface area contributed by atoms with Gasteiger partial charge in [0.05, 0.1) is 13.7 Å². The molecular formula is C16H21FN2O3S. The minimum Gasteiger partial charge on any atom is -0.468 e. The highest BCUT2D eigenvalue weighted by Crippen LogP contribution is 2.37. The summed E-state index contributed by atoms with van der Waals surface area (Å²) in [6.07, 6.45) is 0. The van der Waals surface area contributed by atoms with E-state index in [1.54, 1.807) is 47.7 Å². The fourth-order valence-electron chi connectivity index (χ4n) is 2.42. The molecule has 5 nitrogen and oxygen atoms in total. The van der Waals surface area contributed by atoms with Crippen molar-refractivity contribution < 1.29 is 18.7 Å². The molecule has 0 aromatic heterocycles. The number of ether oxygens (including phenoxy) is 1. The van der Waals surface area contributed by atoms with Crippen LogP contribution < -0.4 is 0 Å². The van der Waals surface area contributed by atoms with Crippen molar-refractivity contribution >= 4 is 23.6 Å². The molecule has 23 heavy (non-hydrogen) atoms. The summed E-state index contributed by atoms with van der Waals surface area (Å²) in [5.74, 6) is 0.124. The van der Waals surface area contributed by atoms with Crippen LogP contribution in [-0.4, -0.2) is 60.7 Å². The summed E-state index contributed by atoms with van der Waals surface area (Å²) in [4.78, 5) is 27.6. The van der Waals surface area contributed by atoms with Gasteiger partial charge in [-0.15, -0.1) is 11.8 Å². The number of carbonyl (C=O) groups is 2. The molecule has 126 valence electrons. The molecule has 1 fully saturated rings. The largest absolute Gasteiger partial charge is 0.468 e. The molecule has 0 radical (unpaired) electrons. The number of esters is 1. The number of methoxy groups -OCH3 is 1. The molecule has 2 rings (SSSR count). The van der Waals surface area contributed by atoms with E-state index in [1.165, 1.54) is 19.2 Å². The first kappa shape index (κ1) is 17.7. The van der Waals surface area contributed by atoms with Crippen LogP contribution in [0.1, 0.15) is 17.9 Å². The number of hydrogen-bond donors (Lipinski definition) is 0. The SMILES string of the molecule is COC(=O)[C@H](C)N(C)CC(=O)N1CCS[C@@H]1c1ccc(F)cc1. The molecule has 1 aliphatic rings. The third kappa shape index (κ3) is 4.23. The van der Waals surface area contributed by atoms with Crippen LogP contribution >= 0.6 is 11.8 Å². The molecule has 0 bridgehead atoms. The standard InChI is InChI=1S/C16H21FN2O3S/c1-11(16(21)22-3)18(2)10-14(20)19-8-9-23-15(19)12-4-6-13(17)7-5-12/h4-7,11,15H,8-10H2,1-3H3/t11-,15+/m0/s1. The third-order valence-electron chi connectivity index (χ3n) is 3.95. The van der Waals surface area contributed by atoms with Crippen molar-refractivity contribution in [2.45, 2.75) is 18.3 Å². The zero-order valence-electron chi connectivity index (χ0n) is 13.5. The molecule has 7 heteroatoms. The second-order valence-electron chi connectivity index (χ2n) is 5.48. The molecule has 1 amide bonds. The van der Waals surface area contributed by atoms with Crippen molar-refractivity contribution in [3.63, 3.8) is 0 Å². The lowest BCUT2D eigenvalue weighted by Gasteiger charge is -2.28. The number of rotatable bonds is 5. The van der Waals surface area contributed by atoms with E-state index < -0.39 is 6.04 Å². The van der Waals surface area contributed by atoms with Gasteiger partial charge in [-0.3, -0.25) is 14.5 Å². The van der Waals surface area contributed by atoms with E-state index in [4.69, 9.17) is 4.74 Å². The number of amides is 1. The van der Waals surface area contributed by atoms with Crippen LogP contribution in [-0.2, 0) is 14.3 Å². The van der Waals surface area contributed by atoms with Gasteiger partial charge < -0.3 is 9.64 Å². The normalized spacial score (nSPS) is 19.0. The highest BCUT2D eigenvalue weighted by Gasteiger charge is 2.32. The Morgan fingerprint density at radius 2 is 2.09 bits per heavy atom. The van der Waals surface area contributed by atoms with E-state index in [2.05, 4.69) is 0 Å². The molecule has 1 heterocycles. The lowest BCUT2D eigenvalue weighted by Crippen LogP contribution is -2.44. The molecule has 1 saturated heterocycles. The molecule has 0 aliphatic carbocycles. The fraction of sp³-hybridized carbons (Fsp3) is 0.500. The quantitative estimate of drug-likeness (QED) is 0.766. The number of carbonyl (C=O) groups excluding carboxylic acids is 2. The Balaban J connectivity index is 2.03. The average Bonchev–Trinajstić information content (AvgIpc) is 3.03. The predicted molar refractivity (Wildman–Crippen MR) is 87.4 cm³/mol. The number of benzene rings is 1. The molecule has 0 N–H and O–H groups in total. The number of nitrogens with zero attached hydrogens (tertiary/aromatic N) is 2. The van der Waals surface area contributed by atoms with Gasteiger partial charge in [-0.2, -0.15) is 0 Å². The van der Waals surface area contributed by atoms with E-state index in [1.807, 2.05) is 0 Å². The van der Waals surface area contributed by atoms with Gasteiger partial charge >= 0.3 is 5.97 Å². The van der Waals surface area contributed by atoms with Gasteiger partial charge in [-0.1, -0.05) is 12.1 Å². The van der Waals surface area contributed by atoms with E-state index in [0.29, 0.717) is 6.54 Å². The topological polar surface area (TPSA) is 49.9 Å². The third-order valence-corrected chi connectivity index (χ3v) is 5.22. The Bertz CT molecular complexity index is 567. The van der Waals surface area contributed by atoms with E-state index >= 15 is 0 Å². The van der Waals surface area contributed by atoms with Crippen molar-refractivity contribution in [1.82, 2.24) is 9.80 Å². The smallest absolute Gasteiger partial charge is 0.322 e. The second kappa shape index (κ2) is 7.79. The van der Waals surface area contributed by atoms with Gasteiger partial charge in [0.15, 0.2) is 0 Å². The summed E-state index contributed by atoms with van der Waals surface area (Å²) in [6.45, 7) is 2.48. The van der Waals surface area contributed by atoms with Gasteiger partial charge in [0.2, 0.25) is 5.91 Å². The van der Waals surface area contributed by atoms with Crippen LogP contribution in [0.3, 0.4) is 0 Å². The van der Waals surface area contributed by atoms with Crippen LogP contribution in [0.2, 0.25) is 0 Å². The maximum atomic E-state index is 13.1. The molecule has 0 saturated carbocycles. The molecule has 0 unspecified atom stereocenters. The lowest BCUT2D eigenvalue weighted by atomic mass is 10.2. The summed E-state index contributed by atoms with van der Waals surface area (Å²) in [5, 5.41) is -0.107. The Labute approximate surface area is 139 Å². The maximum absolute atomic E-state index is 13.1. The molecule has 1 aromatic rings. The second-order valence-corrected chi connectivity index (χ2v) is 6.66. The predicted octanol–water partition coefficient (Wildman–Crippen LogP) is 1.89. The average molecular weight is 340 g/mol. The van der Waals surface area contributed by atoms with Crippen LogP contribution in [0.15, 0.2) is 24.3 Å². The Morgan fingerprint density at radius 3 is 2.70 bits per heavy atom. The first-order valence-corrected chi connectivity index (χ1v) is 8.43. The summed E-state index contributed by atoms with van der Waals surface area (Å²) in [5.41, 5.74) is 0.908. The van der Waals surface area contributed by atoms with E-state index in [0.717, 1.165) is 11.3 Å². The van der Waals surface area contributed by atoms with Crippen molar-refractivity contribution in [2.24, 2.45) is 0 Å². The summed E-state index contributed by atoms with van der Waals surface area (Å²) in [6, 6.07) is 5.74. The molecular weight excluding hydrogens is 319 g/mol. The van der Waals surface area contributed by atoms with Crippen molar-refractivity contribution in [3.8, 4) is 0 Å². The fourth-order valence-corrected chi connectivity index (χ4v) is 3.70. The van der Waals surface area contributed by atoms with Gasteiger partial charge in [-0.25, -0.2) is 4.39 Å². The van der Waals surface area contributed by atoms with Crippen LogP contribution in [0.25, 0.3) is 0 Å². The van der Waals surface area contributed by atoms with Crippen LogP contribution in [0.4, 0.5) is 4.39 Å². The number of thioether (sulfide) groups is 1. The van der Waals surface area contributed by atoms with Crippen molar-refractivity contribution in [1.29, 1.82) is 0 Å². The Hall–Kier alpha value is -1.60. The first-order chi connectivity index (χ1) is 10.9. The van der Waals surface area contributed by atoms with Gasteiger partial charge in [-0.05, 0) is 31.7 Å². The highest BCUT2D eigenvalue weighted by molar-refractivity contribution is 7.99. The van der Waals surface area contributed by atoms with Crippen LogP contribution in [0, 0.1) is 5.82 Å². The maximum Gasteiger partial charge on any atom is 0.322 e.